The zero-order valence-electron chi connectivity index (χ0n) is 13.7. The van der Waals surface area contributed by atoms with Gasteiger partial charge in [-0.15, -0.1) is 0 Å². The number of methoxy groups -OCH3 is 2. The van der Waals surface area contributed by atoms with E-state index in [4.69, 9.17) is 9.47 Å². The number of hydrogen-bond acceptors (Lipinski definition) is 5. The molecule has 0 spiro atoms. The Morgan fingerprint density at radius 2 is 2.04 bits per heavy atom. The zero-order chi connectivity index (χ0) is 17.0. The lowest BCUT2D eigenvalue weighted by atomic mass is 10.0. The molecule has 0 fully saturated rings. The highest BCUT2D eigenvalue weighted by Crippen LogP contribution is 2.32. The third-order valence-electron chi connectivity index (χ3n) is 3.59. The van der Waals surface area contributed by atoms with E-state index in [0.717, 1.165) is 5.56 Å². The molecule has 2 rings (SSSR count). The average Bonchev–Trinajstić information content (AvgIpc) is 2.91. The van der Waals surface area contributed by atoms with E-state index < -0.39 is 12.0 Å². The first kappa shape index (κ1) is 16.8. The Bertz CT molecular complexity index is 684. The summed E-state index contributed by atoms with van der Waals surface area (Å²) in [6.07, 6.45) is 3.59. The maximum Gasteiger partial charge on any atom is 0.325 e. The SMILES string of the molecule is COc1ccc([C@@H](C(=O)O)N(C)Cc2cnn(C)c2)cc1OC. The van der Waals surface area contributed by atoms with Gasteiger partial charge in [0.1, 0.15) is 6.04 Å². The maximum atomic E-state index is 11.8. The maximum absolute atomic E-state index is 11.8. The van der Waals surface area contributed by atoms with Gasteiger partial charge in [-0.25, -0.2) is 0 Å². The van der Waals surface area contributed by atoms with Crippen LogP contribution in [-0.2, 0) is 18.4 Å². The van der Waals surface area contributed by atoms with Crippen LogP contribution in [0.15, 0.2) is 30.6 Å². The van der Waals surface area contributed by atoms with E-state index in [1.54, 1.807) is 48.1 Å². The van der Waals surface area contributed by atoms with Gasteiger partial charge in [-0.3, -0.25) is 14.4 Å². The van der Waals surface area contributed by atoms with Gasteiger partial charge in [-0.05, 0) is 24.7 Å². The fourth-order valence-electron chi connectivity index (χ4n) is 2.54. The van der Waals surface area contributed by atoms with Crippen LogP contribution < -0.4 is 9.47 Å². The monoisotopic (exact) mass is 319 g/mol. The lowest BCUT2D eigenvalue weighted by molar-refractivity contribution is -0.143. The van der Waals surface area contributed by atoms with Gasteiger partial charge >= 0.3 is 5.97 Å². The molecule has 0 saturated heterocycles. The molecule has 1 aromatic carbocycles. The molecule has 1 heterocycles. The lowest BCUT2D eigenvalue weighted by Gasteiger charge is -2.25. The number of carboxylic acids is 1. The van der Waals surface area contributed by atoms with E-state index in [1.807, 2.05) is 13.2 Å². The molecule has 1 N–H and O–H groups in total. The van der Waals surface area contributed by atoms with Crippen molar-refractivity contribution in [2.24, 2.45) is 7.05 Å². The first-order valence-corrected chi connectivity index (χ1v) is 7.08. The van der Waals surface area contributed by atoms with Gasteiger partial charge in [0.25, 0.3) is 0 Å². The number of rotatable bonds is 7. The summed E-state index contributed by atoms with van der Waals surface area (Å²) >= 11 is 0. The van der Waals surface area contributed by atoms with Gasteiger partial charge in [0, 0.05) is 25.4 Å². The number of aryl methyl sites for hydroxylation is 1. The van der Waals surface area contributed by atoms with Gasteiger partial charge in [-0.2, -0.15) is 5.10 Å². The lowest BCUT2D eigenvalue weighted by Crippen LogP contribution is -2.30. The van der Waals surface area contributed by atoms with Crippen LogP contribution in [0.4, 0.5) is 0 Å². The minimum atomic E-state index is -0.927. The van der Waals surface area contributed by atoms with Crippen LogP contribution in [0.1, 0.15) is 17.2 Å². The summed E-state index contributed by atoms with van der Waals surface area (Å²) in [4.78, 5) is 13.5. The second kappa shape index (κ2) is 7.15. The van der Waals surface area contributed by atoms with Crippen molar-refractivity contribution in [1.82, 2.24) is 14.7 Å². The molecule has 7 nitrogen and oxygen atoms in total. The largest absolute Gasteiger partial charge is 0.493 e. The molecule has 23 heavy (non-hydrogen) atoms. The molecule has 0 saturated carbocycles. The number of carbonyl (C=O) groups is 1. The first-order chi connectivity index (χ1) is 11.0. The number of aromatic nitrogens is 2. The highest BCUT2D eigenvalue weighted by Gasteiger charge is 2.26. The van der Waals surface area contributed by atoms with Crippen LogP contribution in [0.5, 0.6) is 11.5 Å². The minimum absolute atomic E-state index is 0.471. The number of benzene rings is 1. The Hall–Kier alpha value is -2.54. The summed E-state index contributed by atoms with van der Waals surface area (Å²) in [6, 6.07) is 4.34. The number of nitrogens with zero attached hydrogens (tertiary/aromatic N) is 3. The molecule has 124 valence electrons. The van der Waals surface area contributed by atoms with Crippen LogP contribution in [0.2, 0.25) is 0 Å². The Morgan fingerprint density at radius 3 is 2.57 bits per heavy atom. The number of likely N-dealkylation sites (N-methyl/N-ethyl adjacent to an activating group) is 1. The molecule has 0 aliphatic carbocycles. The molecule has 1 atom stereocenters. The predicted molar refractivity (Wildman–Crippen MR) is 84.6 cm³/mol. The molecule has 0 aliphatic heterocycles. The molecular formula is C16H21N3O4. The van der Waals surface area contributed by atoms with Gasteiger partial charge in [0.05, 0.1) is 20.4 Å². The second-order valence-electron chi connectivity index (χ2n) is 5.29. The van der Waals surface area contributed by atoms with Crippen LogP contribution in [0.3, 0.4) is 0 Å². The molecule has 0 bridgehead atoms. The highest BCUT2D eigenvalue weighted by molar-refractivity contribution is 5.76. The van der Waals surface area contributed by atoms with Crippen LogP contribution in [0, 0.1) is 0 Å². The van der Waals surface area contributed by atoms with Gasteiger partial charge in [0.15, 0.2) is 11.5 Å². The Kier molecular flexibility index (Phi) is 5.23. The van der Waals surface area contributed by atoms with Crippen molar-refractivity contribution >= 4 is 5.97 Å². The first-order valence-electron chi connectivity index (χ1n) is 7.08. The Balaban J connectivity index is 2.28. The number of hydrogen-bond donors (Lipinski definition) is 1. The Morgan fingerprint density at radius 1 is 1.35 bits per heavy atom. The van der Waals surface area contributed by atoms with Crippen molar-refractivity contribution in [3.63, 3.8) is 0 Å². The summed E-state index contributed by atoms with van der Waals surface area (Å²) in [7, 11) is 6.66. The average molecular weight is 319 g/mol. The smallest absolute Gasteiger partial charge is 0.325 e. The standard InChI is InChI=1S/C16H21N3O4/c1-18(9-11-8-17-19(2)10-11)15(16(20)21)12-5-6-13(22-3)14(7-12)23-4/h5-8,10,15H,9H2,1-4H3,(H,20,21)/t15-/m0/s1. The van der Waals surface area contributed by atoms with E-state index in [9.17, 15) is 9.90 Å². The fourth-order valence-corrected chi connectivity index (χ4v) is 2.54. The molecule has 1 aromatic heterocycles. The van der Waals surface area contributed by atoms with Crippen LogP contribution in [-0.4, -0.2) is 47.0 Å². The zero-order valence-corrected chi connectivity index (χ0v) is 13.7. The van der Waals surface area contributed by atoms with Crippen molar-refractivity contribution in [3.8, 4) is 11.5 Å². The number of carboxylic acid groups (broad SMARTS) is 1. The van der Waals surface area contributed by atoms with E-state index >= 15 is 0 Å². The second-order valence-corrected chi connectivity index (χ2v) is 5.29. The third kappa shape index (κ3) is 3.81. The third-order valence-corrected chi connectivity index (χ3v) is 3.59. The van der Waals surface area contributed by atoms with Crippen molar-refractivity contribution in [2.75, 3.05) is 21.3 Å². The minimum Gasteiger partial charge on any atom is -0.493 e. The number of ether oxygens (including phenoxy) is 2. The fraction of sp³-hybridized carbons (Fsp3) is 0.375. The predicted octanol–water partition coefficient (Wildman–Crippen LogP) is 1.69. The van der Waals surface area contributed by atoms with E-state index in [2.05, 4.69) is 5.10 Å². The van der Waals surface area contributed by atoms with E-state index in [0.29, 0.717) is 23.6 Å². The van der Waals surface area contributed by atoms with Crippen molar-refractivity contribution in [1.29, 1.82) is 0 Å². The summed E-state index contributed by atoms with van der Waals surface area (Å²) < 4.78 is 12.1. The molecule has 0 unspecified atom stereocenters. The topological polar surface area (TPSA) is 76.8 Å². The van der Waals surface area contributed by atoms with Gasteiger partial charge in [-0.1, -0.05) is 6.07 Å². The van der Waals surface area contributed by atoms with E-state index in [1.165, 1.54) is 7.11 Å². The van der Waals surface area contributed by atoms with E-state index in [-0.39, 0.29) is 0 Å². The molecule has 0 aliphatic rings. The summed E-state index contributed by atoms with van der Waals surface area (Å²) in [5, 5.41) is 13.7. The van der Waals surface area contributed by atoms with Gasteiger partial charge < -0.3 is 14.6 Å². The van der Waals surface area contributed by atoms with Gasteiger partial charge in [0.2, 0.25) is 0 Å². The van der Waals surface area contributed by atoms with Crippen molar-refractivity contribution in [2.45, 2.75) is 12.6 Å². The molecule has 2 aromatic rings. The number of aliphatic carboxylic acids is 1. The normalized spacial score (nSPS) is 12.2. The molecular weight excluding hydrogens is 298 g/mol. The molecule has 7 heteroatoms. The summed E-state index contributed by atoms with van der Waals surface area (Å²) in [6.45, 7) is 0.471. The highest BCUT2D eigenvalue weighted by atomic mass is 16.5. The summed E-state index contributed by atoms with van der Waals surface area (Å²) in [5.41, 5.74) is 1.57. The molecule has 0 amide bonds. The summed E-state index contributed by atoms with van der Waals surface area (Å²) in [5.74, 6) is 0.143. The van der Waals surface area contributed by atoms with Crippen LogP contribution in [0.25, 0.3) is 0 Å². The Labute approximate surface area is 135 Å². The molecule has 0 radical (unpaired) electrons. The van der Waals surface area contributed by atoms with Crippen molar-refractivity contribution in [3.05, 3.63) is 41.7 Å². The van der Waals surface area contributed by atoms with Crippen LogP contribution >= 0.6 is 0 Å². The van der Waals surface area contributed by atoms with Crippen molar-refractivity contribution < 1.29 is 19.4 Å². The quantitative estimate of drug-likeness (QED) is 0.837.